The van der Waals surface area contributed by atoms with Gasteiger partial charge >= 0.3 is 0 Å². The molecule has 0 aromatic heterocycles. The van der Waals surface area contributed by atoms with Crippen molar-refractivity contribution in [2.75, 3.05) is 20.8 Å². The van der Waals surface area contributed by atoms with E-state index in [9.17, 15) is 0 Å². The van der Waals surface area contributed by atoms with E-state index in [2.05, 4.69) is 19.1 Å². The maximum Gasteiger partial charge on any atom is 0.0661 e. The van der Waals surface area contributed by atoms with Crippen molar-refractivity contribution in [1.29, 1.82) is 0 Å². The third-order valence-electron chi connectivity index (χ3n) is 2.43. The second kappa shape index (κ2) is 4.63. The Morgan fingerprint density at radius 3 is 2.67 bits per heavy atom. The van der Waals surface area contributed by atoms with E-state index >= 15 is 0 Å². The van der Waals surface area contributed by atoms with Crippen molar-refractivity contribution in [3.05, 3.63) is 12.2 Å². The van der Waals surface area contributed by atoms with Crippen LogP contribution in [0, 0.1) is 11.8 Å². The largest absolute Gasteiger partial charge is 0.384 e. The first-order valence-electron chi connectivity index (χ1n) is 4.48. The van der Waals surface area contributed by atoms with E-state index in [0.717, 1.165) is 13.0 Å². The summed E-state index contributed by atoms with van der Waals surface area (Å²) in [5, 5.41) is 0. The Labute approximate surface area is 74.6 Å². The summed E-state index contributed by atoms with van der Waals surface area (Å²) in [4.78, 5) is 0. The number of hydrogen-bond donors (Lipinski definition) is 0. The molecule has 0 saturated carbocycles. The molecule has 12 heavy (non-hydrogen) atoms. The smallest absolute Gasteiger partial charge is 0.0661 e. The fourth-order valence-corrected chi connectivity index (χ4v) is 1.70. The lowest BCUT2D eigenvalue weighted by atomic mass is 9.87. The third kappa shape index (κ3) is 2.32. The van der Waals surface area contributed by atoms with Crippen molar-refractivity contribution in [2.45, 2.75) is 19.4 Å². The van der Waals surface area contributed by atoms with Crippen LogP contribution in [0.5, 0.6) is 0 Å². The summed E-state index contributed by atoms with van der Waals surface area (Å²) in [7, 11) is 3.51. The van der Waals surface area contributed by atoms with Crippen LogP contribution >= 0.6 is 0 Å². The topological polar surface area (TPSA) is 18.5 Å². The standard InChI is InChI=1S/C10H18O2/c1-8-4-5-9(7-11-2)10(6-8)12-3/h4-5,8-10H,6-7H2,1-3H3/t8-,9-,10+/m1/s1. The van der Waals surface area contributed by atoms with Gasteiger partial charge in [-0.15, -0.1) is 0 Å². The van der Waals surface area contributed by atoms with Gasteiger partial charge in [0.25, 0.3) is 0 Å². The lowest BCUT2D eigenvalue weighted by molar-refractivity contribution is 0.0177. The second-order valence-corrected chi connectivity index (χ2v) is 3.49. The molecule has 2 heteroatoms. The highest BCUT2D eigenvalue weighted by Gasteiger charge is 2.23. The van der Waals surface area contributed by atoms with E-state index < -0.39 is 0 Å². The Kier molecular flexibility index (Phi) is 3.76. The molecule has 0 aromatic carbocycles. The second-order valence-electron chi connectivity index (χ2n) is 3.49. The van der Waals surface area contributed by atoms with Crippen LogP contribution < -0.4 is 0 Å². The van der Waals surface area contributed by atoms with E-state index in [1.54, 1.807) is 14.2 Å². The van der Waals surface area contributed by atoms with Crippen LogP contribution in [-0.2, 0) is 9.47 Å². The number of ether oxygens (including phenoxy) is 2. The van der Waals surface area contributed by atoms with Gasteiger partial charge in [0.15, 0.2) is 0 Å². The van der Waals surface area contributed by atoms with Crippen LogP contribution in [0.1, 0.15) is 13.3 Å². The fourth-order valence-electron chi connectivity index (χ4n) is 1.70. The van der Waals surface area contributed by atoms with Crippen LogP contribution in [0.2, 0.25) is 0 Å². The molecule has 70 valence electrons. The van der Waals surface area contributed by atoms with E-state index in [1.165, 1.54) is 0 Å². The predicted octanol–water partition coefficient (Wildman–Crippen LogP) is 1.86. The van der Waals surface area contributed by atoms with Gasteiger partial charge in [-0.3, -0.25) is 0 Å². The molecule has 2 nitrogen and oxygen atoms in total. The number of allylic oxidation sites excluding steroid dienone is 1. The van der Waals surface area contributed by atoms with E-state index in [0.29, 0.717) is 17.9 Å². The molecule has 1 aliphatic carbocycles. The molecule has 0 N–H and O–H groups in total. The monoisotopic (exact) mass is 170 g/mol. The molecular formula is C10H18O2. The first-order chi connectivity index (χ1) is 5.77. The maximum absolute atomic E-state index is 5.40. The van der Waals surface area contributed by atoms with Gasteiger partial charge < -0.3 is 9.47 Å². The van der Waals surface area contributed by atoms with Crippen LogP contribution in [-0.4, -0.2) is 26.9 Å². The van der Waals surface area contributed by atoms with Gasteiger partial charge in [-0.05, 0) is 12.3 Å². The minimum Gasteiger partial charge on any atom is -0.384 e. The third-order valence-corrected chi connectivity index (χ3v) is 2.43. The summed E-state index contributed by atoms with van der Waals surface area (Å²) in [6.45, 7) is 2.98. The van der Waals surface area contributed by atoms with Gasteiger partial charge in [-0.1, -0.05) is 19.1 Å². The van der Waals surface area contributed by atoms with Gasteiger partial charge in [0.1, 0.15) is 0 Å². The highest BCUT2D eigenvalue weighted by molar-refractivity contribution is 5.01. The average Bonchev–Trinajstić information content (AvgIpc) is 2.08. The van der Waals surface area contributed by atoms with Crippen molar-refractivity contribution >= 4 is 0 Å². The Hall–Kier alpha value is -0.340. The zero-order valence-electron chi connectivity index (χ0n) is 8.12. The molecule has 3 atom stereocenters. The van der Waals surface area contributed by atoms with Gasteiger partial charge in [-0.25, -0.2) is 0 Å². The Bertz CT molecular complexity index is 154. The Balaban J connectivity index is 2.52. The van der Waals surface area contributed by atoms with Gasteiger partial charge in [0, 0.05) is 20.1 Å². The summed E-state index contributed by atoms with van der Waals surface area (Å²) in [5.41, 5.74) is 0. The first kappa shape index (κ1) is 9.75. The SMILES string of the molecule is COC[C@H]1C=C[C@@H](C)C[C@@H]1OC. The Morgan fingerprint density at radius 1 is 1.33 bits per heavy atom. The van der Waals surface area contributed by atoms with Gasteiger partial charge in [0.2, 0.25) is 0 Å². The molecule has 0 bridgehead atoms. The van der Waals surface area contributed by atoms with Crippen LogP contribution in [0.4, 0.5) is 0 Å². The summed E-state index contributed by atoms with van der Waals surface area (Å²) in [5.74, 6) is 1.08. The van der Waals surface area contributed by atoms with Gasteiger partial charge in [-0.2, -0.15) is 0 Å². The molecule has 0 radical (unpaired) electrons. The zero-order valence-corrected chi connectivity index (χ0v) is 8.12. The lowest BCUT2D eigenvalue weighted by Crippen LogP contribution is -2.29. The van der Waals surface area contributed by atoms with Crippen LogP contribution in [0.3, 0.4) is 0 Å². The molecule has 0 saturated heterocycles. The van der Waals surface area contributed by atoms with Crippen molar-refractivity contribution in [3.63, 3.8) is 0 Å². The first-order valence-corrected chi connectivity index (χ1v) is 4.48. The van der Waals surface area contributed by atoms with E-state index in [4.69, 9.17) is 9.47 Å². The van der Waals surface area contributed by atoms with Crippen molar-refractivity contribution < 1.29 is 9.47 Å². The summed E-state index contributed by atoms with van der Waals surface area (Å²) < 4.78 is 10.5. The minimum absolute atomic E-state index is 0.338. The zero-order chi connectivity index (χ0) is 8.97. The van der Waals surface area contributed by atoms with Gasteiger partial charge in [0.05, 0.1) is 12.7 Å². The molecule has 0 amide bonds. The molecule has 0 unspecified atom stereocenters. The van der Waals surface area contributed by atoms with Crippen LogP contribution in [0.25, 0.3) is 0 Å². The van der Waals surface area contributed by atoms with Crippen molar-refractivity contribution in [1.82, 2.24) is 0 Å². The van der Waals surface area contributed by atoms with E-state index in [1.807, 2.05) is 0 Å². The number of methoxy groups -OCH3 is 2. The normalized spacial score (nSPS) is 35.4. The predicted molar refractivity (Wildman–Crippen MR) is 49.1 cm³/mol. The van der Waals surface area contributed by atoms with Crippen molar-refractivity contribution in [3.8, 4) is 0 Å². The Morgan fingerprint density at radius 2 is 2.08 bits per heavy atom. The highest BCUT2D eigenvalue weighted by atomic mass is 16.5. The van der Waals surface area contributed by atoms with Crippen LogP contribution in [0.15, 0.2) is 12.2 Å². The summed E-state index contributed by atoms with van der Waals surface area (Å²) >= 11 is 0. The minimum atomic E-state index is 0.338. The lowest BCUT2D eigenvalue weighted by Gasteiger charge is -2.28. The molecule has 1 aliphatic rings. The highest BCUT2D eigenvalue weighted by Crippen LogP contribution is 2.24. The molecule has 0 fully saturated rings. The van der Waals surface area contributed by atoms with Crippen molar-refractivity contribution in [2.24, 2.45) is 11.8 Å². The molecule has 0 spiro atoms. The fraction of sp³-hybridized carbons (Fsp3) is 0.800. The number of rotatable bonds is 3. The summed E-state index contributed by atoms with van der Waals surface area (Å²) in [6.07, 6.45) is 5.91. The average molecular weight is 170 g/mol. The summed E-state index contributed by atoms with van der Waals surface area (Å²) in [6, 6.07) is 0. The number of hydrogen-bond acceptors (Lipinski definition) is 2. The maximum atomic E-state index is 5.40. The van der Waals surface area contributed by atoms with E-state index in [-0.39, 0.29) is 0 Å². The molecule has 0 heterocycles. The molecule has 1 rings (SSSR count). The molecule has 0 aromatic rings. The molecular weight excluding hydrogens is 152 g/mol. The molecule has 0 aliphatic heterocycles. The quantitative estimate of drug-likeness (QED) is 0.602.